The molecule has 3 rings (SSSR count). The number of imidazole rings is 1. The number of nitrogens with two attached hydrogens (primary N) is 1. The van der Waals surface area contributed by atoms with Gasteiger partial charge in [-0.05, 0) is 19.1 Å². The second-order valence-electron chi connectivity index (χ2n) is 4.35. The van der Waals surface area contributed by atoms with E-state index in [0.29, 0.717) is 17.7 Å². The second kappa shape index (κ2) is 4.38. The van der Waals surface area contributed by atoms with Crippen LogP contribution >= 0.6 is 0 Å². The van der Waals surface area contributed by atoms with Gasteiger partial charge in [0.1, 0.15) is 11.3 Å². The first-order valence-electron chi connectivity index (χ1n) is 6.10. The molecule has 0 bridgehead atoms. The summed E-state index contributed by atoms with van der Waals surface area (Å²) >= 11 is 0. The van der Waals surface area contributed by atoms with Crippen molar-refractivity contribution in [2.24, 2.45) is 0 Å². The number of halogens is 1. The fourth-order valence-electron chi connectivity index (χ4n) is 2.25. The van der Waals surface area contributed by atoms with Gasteiger partial charge < -0.3 is 10.3 Å². The number of hydrogen-bond donors (Lipinski definition) is 1. The first-order valence-corrected chi connectivity index (χ1v) is 6.10. The topological polar surface area (TPSA) is 61.7 Å². The summed E-state index contributed by atoms with van der Waals surface area (Å²) < 4.78 is 17.4. The Morgan fingerprint density at radius 3 is 2.89 bits per heavy atom. The number of nitrogens with zero attached hydrogens (tertiary/aromatic N) is 4. The van der Waals surface area contributed by atoms with E-state index >= 15 is 0 Å². The van der Waals surface area contributed by atoms with Gasteiger partial charge in [0.05, 0.1) is 23.9 Å². The van der Waals surface area contributed by atoms with E-state index in [1.165, 1.54) is 6.07 Å². The van der Waals surface area contributed by atoms with Gasteiger partial charge in [0.25, 0.3) is 0 Å². The highest BCUT2D eigenvalue weighted by Crippen LogP contribution is 2.19. The molecule has 0 atom stereocenters. The molecule has 2 N–H and O–H groups in total. The lowest BCUT2D eigenvalue weighted by Crippen LogP contribution is -2.08. The molecule has 0 aliphatic rings. The summed E-state index contributed by atoms with van der Waals surface area (Å²) in [6.07, 6.45) is 3.31. The molecule has 98 valence electrons. The van der Waals surface area contributed by atoms with Gasteiger partial charge >= 0.3 is 0 Å². The largest absolute Gasteiger partial charge is 0.396 e. The minimum atomic E-state index is -0.300. The van der Waals surface area contributed by atoms with Crippen molar-refractivity contribution in [3.8, 4) is 0 Å². The molecule has 0 saturated heterocycles. The number of aromatic nitrogens is 4. The molecule has 0 amide bonds. The molecular weight excluding hydrogens is 245 g/mol. The molecular formula is C13H14FN5. The van der Waals surface area contributed by atoms with Gasteiger partial charge in [0.15, 0.2) is 5.82 Å². The van der Waals surface area contributed by atoms with E-state index in [0.717, 1.165) is 17.9 Å². The molecule has 5 nitrogen and oxygen atoms in total. The summed E-state index contributed by atoms with van der Waals surface area (Å²) in [7, 11) is 0. The predicted octanol–water partition coefficient (Wildman–Crippen LogP) is 2.02. The van der Waals surface area contributed by atoms with Crippen molar-refractivity contribution in [3.05, 3.63) is 42.2 Å². The van der Waals surface area contributed by atoms with Gasteiger partial charge in [0.2, 0.25) is 0 Å². The van der Waals surface area contributed by atoms with Crippen LogP contribution in [0.4, 0.5) is 10.1 Å². The van der Waals surface area contributed by atoms with E-state index in [2.05, 4.69) is 10.1 Å². The van der Waals surface area contributed by atoms with Crippen LogP contribution in [0, 0.1) is 5.82 Å². The number of hydrogen-bond acceptors (Lipinski definition) is 3. The smallest absolute Gasteiger partial charge is 0.151 e. The van der Waals surface area contributed by atoms with Crippen molar-refractivity contribution >= 4 is 16.7 Å². The predicted molar refractivity (Wildman–Crippen MR) is 71.1 cm³/mol. The van der Waals surface area contributed by atoms with Gasteiger partial charge in [-0.25, -0.2) is 9.37 Å². The molecule has 0 aliphatic heterocycles. The highest BCUT2D eigenvalue weighted by molar-refractivity contribution is 5.76. The van der Waals surface area contributed by atoms with Crippen LogP contribution in [0.1, 0.15) is 12.7 Å². The third kappa shape index (κ3) is 1.95. The normalized spacial score (nSPS) is 11.3. The lowest BCUT2D eigenvalue weighted by molar-refractivity contribution is 0.613. The third-order valence-electron chi connectivity index (χ3n) is 3.08. The van der Waals surface area contributed by atoms with Crippen molar-refractivity contribution in [2.45, 2.75) is 20.0 Å². The van der Waals surface area contributed by atoms with Crippen molar-refractivity contribution in [3.63, 3.8) is 0 Å². The van der Waals surface area contributed by atoms with Crippen LogP contribution in [0.3, 0.4) is 0 Å². The maximum atomic E-state index is 13.7. The fourth-order valence-corrected chi connectivity index (χ4v) is 2.25. The second-order valence-corrected chi connectivity index (χ2v) is 4.35. The number of anilines is 1. The number of nitrogen functional groups attached to an aromatic ring is 1. The number of para-hydroxylation sites is 1. The summed E-state index contributed by atoms with van der Waals surface area (Å²) in [4.78, 5) is 4.37. The maximum Gasteiger partial charge on any atom is 0.151 e. The van der Waals surface area contributed by atoms with Crippen LogP contribution in [0.5, 0.6) is 0 Å². The molecule has 6 heteroatoms. The average molecular weight is 259 g/mol. The van der Waals surface area contributed by atoms with Gasteiger partial charge in [-0.1, -0.05) is 6.07 Å². The van der Waals surface area contributed by atoms with E-state index in [4.69, 9.17) is 5.73 Å². The van der Waals surface area contributed by atoms with Gasteiger partial charge in [0, 0.05) is 12.7 Å². The van der Waals surface area contributed by atoms with Crippen LogP contribution in [0.15, 0.2) is 30.6 Å². The Labute approximate surface area is 109 Å². The summed E-state index contributed by atoms with van der Waals surface area (Å²) in [5, 5.41) is 4.12. The maximum absolute atomic E-state index is 13.7. The Balaban J connectivity index is 2.10. The van der Waals surface area contributed by atoms with Crippen molar-refractivity contribution in [1.29, 1.82) is 0 Å². The number of rotatable bonds is 3. The lowest BCUT2D eigenvalue weighted by atomic mass is 10.3. The molecule has 0 aliphatic carbocycles. The molecule has 0 saturated carbocycles. The van der Waals surface area contributed by atoms with Crippen LogP contribution < -0.4 is 5.73 Å². The van der Waals surface area contributed by atoms with E-state index in [-0.39, 0.29) is 5.82 Å². The molecule has 19 heavy (non-hydrogen) atoms. The molecule has 0 spiro atoms. The zero-order valence-electron chi connectivity index (χ0n) is 10.5. The van der Waals surface area contributed by atoms with E-state index in [9.17, 15) is 4.39 Å². The lowest BCUT2D eigenvalue weighted by Gasteiger charge is -2.05. The van der Waals surface area contributed by atoms with Crippen LogP contribution in [-0.4, -0.2) is 19.3 Å². The number of fused-ring (bicyclic) bond motifs is 1. The zero-order chi connectivity index (χ0) is 13.4. The Morgan fingerprint density at radius 1 is 1.37 bits per heavy atom. The Morgan fingerprint density at radius 2 is 2.21 bits per heavy atom. The minimum Gasteiger partial charge on any atom is -0.396 e. The van der Waals surface area contributed by atoms with E-state index in [1.807, 2.05) is 17.6 Å². The molecule has 2 heterocycles. The highest BCUT2D eigenvalue weighted by atomic mass is 19.1. The Hall–Kier alpha value is -2.37. The quantitative estimate of drug-likeness (QED) is 0.782. The van der Waals surface area contributed by atoms with Crippen molar-refractivity contribution in [2.75, 3.05) is 5.73 Å². The first kappa shape index (κ1) is 11.7. The highest BCUT2D eigenvalue weighted by Gasteiger charge is 2.13. The Kier molecular flexibility index (Phi) is 2.70. The molecule has 2 aromatic heterocycles. The molecule has 3 aromatic rings. The van der Waals surface area contributed by atoms with Gasteiger partial charge in [-0.15, -0.1) is 0 Å². The minimum absolute atomic E-state index is 0.300. The SMILES string of the molecule is CCn1c(Cn2cc(N)cn2)nc2c(F)cccc21. The van der Waals surface area contributed by atoms with Crippen molar-refractivity contribution in [1.82, 2.24) is 19.3 Å². The van der Waals surface area contributed by atoms with Crippen molar-refractivity contribution < 1.29 is 4.39 Å². The van der Waals surface area contributed by atoms with Gasteiger partial charge in [-0.3, -0.25) is 4.68 Å². The van der Waals surface area contributed by atoms with E-state index < -0.39 is 0 Å². The summed E-state index contributed by atoms with van der Waals surface area (Å²) in [5.74, 6) is 0.469. The first-order chi connectivity index (χ1) is 9.19. The summed E-state index contributed by atoms with van der Waals surface area (Å²) in [5.41, 5.74) is 7.44. The monoisotopic (exact) mass is 259 g/mol. The molecule has 1 aromatic carbocycles. The van der Waals surface area contributed by atoms with Crippen LogP contribution in [0.2, 0.25) is 0 Å². The zero-order valence-corrected chi connectivity index (χ0v) is 10.5. The summed E-state index contributed by atoms with van der Waals surface area (Å²) in [6.45, 7) is 3.21. The fraction of sp³-hybridized carbons (Fsp3) is 0.231. The van der Waals surface area contributed by atoms with Crippen LogP contribution in [-0.2, 0) is 13.1 Å². The molecule has 0 radical (unpaired) electrons. The summed E-state index contributed by atoms with van der Waals surface area (Å²) in [6, 6.07) is 4.99. The van der Waals surface area contributed by atoms with E-state index in [1.54, 1.807) is 23.1 Å². The molecule has 0 unspecified atom stereocenters. The average Bonchev–Trinajstić information content (AvgIpc) is 2.94. The number of benzene rings is 1. The van der Waals surface area contributed by atoms with Gasteiger partial charge in [-0.2, -0.15) is 5.10 Å². The Bertz CT molecular complexity index is 728. The standard InChI is InChI=1S/C13H14FN5/c1-2-19-11-5-3-4-10(14)13(11)17-12(19)8-18-7-9(15)6-16-18/h3-7H,2,8,15H2,1H3. The van der Waals surface area contributed by atoms with Crippen LogP contribution in [0.25, 0.3) is 11.0 Å². The number of aryl methyl sites for hydroxylation is 1. The molecule has 0 fully saturated rings. The third-order valence-corrected chi connectivity index (χ3v) is 3.08.